The predicted octanol–water partition coefficient (Wildman–Crippen LogP) is 5.20. The fourth-order valence-electron chi connectivity index (χ4n) is 27.9. The van der Waals surface area contributed by atoms with Crippen molar-refractivity contribution in [1.29, 1.82) is 0 Å². The normalized spacial score (nSPS) is 40.1. The average Bonchev–Trinajstić information content (AvgIpc) is 1.60. The van der Waals surface area contributed by atoms with Crippen molar-refractivity contribution < 1.29 is 93.2 Å². The zero-order valence-corrected chi connectivity index (χ0v) is 64.8. The number of piperidine rings is 5. The average molecular weight is 1570 g/mol. The molecule has 0 unspecified atom stereocenters. The number of aliphatic hydroxyl groups is 6. The highest BCUT2D eigenvalue weighted by Gasteiger charge is 2.78. The van der Waals surface area contributed by atoms with Crippen LogP contribution >= 0.6 is 12.4 Å². The van der Waals surface area contributed by atoms with Gasteiger partial charge in [0.15, 0.2) is 93.9 Å². The van der Waals surface area contributed by atoms with Crippen LogP contribution in [0.25, 0.3) is 0 Å². The number of phenols is 2. The molecule has 25 heteroatoms. The van der Waals surface area contributed by atoms with Crippen molar-refractivity contribution in [1.82, 2.24) is 24.9 Å². The molecular formula is C88H104ClN5O19. The lowest BCUT2D eigenvalue weighted by Gasteiger charge is -2.62. The molecule has 0 aromatic heterocycles. The maximum Gasteiger partial charge on any atom is 0.174 e. The van der Waals surface area contributed by atoms with E-state index in [1.165, 1.54) is 11.1 Å². The van der Waals surface area contributed by atoms with Crippen molar-refractivity contribution in [2.45, 2.75) is 259 Å². The first kappa shape index (κ1) is 75.7. The Kier molecular flexibility index (Phi) is 17.0. The molecule has 25 rings (SSSR count). The summed E-state index contributed by atoms with van der Waals surface area (Å²) in [6.07, 6.45) is 10.1. The molecule has 24 nitrogen and oxygen atoms in total. The third-order valence-electron chi connectivity index (χ3n) is 32.8. The van der Waals surface area contributed by atoms with Gasteiger partial charge in [0.05, 0.1) is 64.4 Å². The minimum atomic E-state index is -0.954. The first-order valence-electron chi connectivity index (χ1n) is 40.6. The molecule has 602 valence electrons. The van der Waals surface area contributed by atoms with Gasteiger partial charge >= 0.3 is 0 Å². The molecule has 0 amide bonds. The van der Waals surface area contributed by atoms with Crippen LogP contribution in [0.1, 0.15) is 171 Å². The fraction of sp³-hybridized carbons (Fsp3) is 0.602. The number of Topliss-reactive ketones (excluding diaryl/α,β-unsaturated/α-hetero) is 5. The third kappa shape index (κ3) is 9.03. The number of halogens is 1. The first-order valence-corrected chi connectivity index (χ1v) is 40.6. The predicted molar refractivity (Wildman–Crippen MR) is 412 cm³/mol. The Labute approximate surface area is 662 Å². The van der Waals surface area contributed by atoms with Gasteiger partial charge < -0.3 is 94.2 Å². The Hall–Kier alpha value is -7.30. The van der Waals surface area contributed by atoms with Crippen molar-refractivity contribution in [3.8, 4) is 46.0 Å². The molecule has 5 spiro atoms. The third-order valence-corrected chi connectivity index (χ3v) is 32.8. The first-order chi connectivity index (χ1) is 53.3. The number of carbonyl (C=O) groups is 5. The minimum absolute atomic E-state index is 0. The van der Waals surface area contributed by atoms with Crippen molar-refractivity contribution in [3.63, 3.8) is 0 Å². The molecule has 0 radical (unpaired) electrons. The second-order valence-corrected chi connectivity index (χ2v) is 36.4. The Balaban J connectivity index is 0.0000000945. The summed E-state index contributed by atoms with van der Waals surface area (Å²) in [5.74, 6) is 5.01. The maximum absolute atomic E-state index is 12.7. The van der Waals surface area contributed by atoms with E-state index in [2.05, 4.69) is 52.1 Å². The standard InChI is InChI=1S/2C18H21NO4.2C17H19NO4.C17H19NO3.CH4.ClH/c1-19-8-7-17-14-10-3-4-12(22-2)15(14)23-16(17)11(20)5-6-18(17,21)13(19)9-10;1-19-7-6-17-14-10-2-3-11(9-20)15(14)23-16(17)12(21)4-5-18(17,22)13(19)8-10;1-18-7-6-16-13-9-2-3-10(19)14(13)22-15(16)11(20)4-5-17(16,21)12(18)8-9;19-8-10-2-1-9-7-12-17(21)4-3-11(20)15-16(17,5-6-18-12)13(9)14(10)22-15;1-18-7-6-17-10-3-5-13(20)16(17)21-15-12(19)4-2-9(14(15)17)8-11(10)18;;/h3-4,13,16,21H,5-9H2,1-2H3;2-3,13,16,20,22H,4-9H2,1H3;2-3,12,15,19,21H,4-8H2,1H3;1-2,12,15,18-19,21H,3-8H2;2,4,10-11,16,19H,3,5-8H2,1H3;1H4;1H/t2*13-,16+,17+,18-;2*12-,15+,16+,17-;10-,11+,16-,17-;;/m11110../s1. The smallest absolute Gasteiger partial charge is 0.174 e. The van der Waals surface area contributed by atoms with Crippen LogP contribution in [-0.2, 0) is 96.4 Å². The van der Waals surface area contributed by atoms with Crippen LogP contribution in [0.3, 0.4) is 0 Å². The molecule has 113 heavy (non-hydrogen) atoms. The second-order valence-electron chi connectivity index (χ2n) is 36.4. The van der Waals surface area contributed by atoms with Crippen molar-refractivity contribution in [2.75, 3.05) is 68.0 Å². The SMILES string of the molecule is C.CN1CC[C@]23c4c5ccc(CO)c4O[C@H]2C(=O)CC[C@@]3(O)[C@H]1C5.CN1CC[C@]23c4c5ccc(O)c4O[C@H]2C(=O)CC[C@@]3(O)[C@H]1C5.CN1CC[C@]23c4c5ccc(O)c4O[C@H]2C(=O)CC[C@H]3[C@H]1C5.COc1ccc2c3c1O[C@H]1C(=O)CC[C@@]4(O)[C@@H](C2)N(C)CC[C@]314.Cl.O=C1CC[C@@]2(O)[C@H]3Cc4ccc(CO)c5c4[C@@]2(CCN3)[C@H]1O5. The number of benzene rings is 5. The Morgan fingerprint density at radius 3 is 1.27 bits per heavy atom. The van der Waals surface area contributed by atoms with E-state index in [0.717, 1.165) is 146 Å². The molecular weight excluding hydrogens is 1470 g/mol. The van der Waals surface area contributed by atoms with E-state index in [1.54, 1.807) is 19.2 Å². The number of ether oxygens (including phenoxy) is 6. The van der Waals surface area contributed by atoms with Gasteiger partial charge in [0, 0.05) is 107 Å². The number of nitrogens with one attached hydrogen (secondary N) is 1. The van der Waals surface area contributed by atoms with Gasteiger partial charge in [0.1, 0.15) is 11.5 Å². The Morgan fingerprint density at radius 1 is 0.425 bits per heavy atom. The van der Waals surface area contributed by atoms with Gasteiger partial charge in [0.2, 0.25) is 0 Å². The van der Waals surface area contributed by atoms with Gasteiger partial charge in [-0.15, -0.1) is 12.4 Å². The highest BCUT2D eigenvalue weighted by Crippen LogP contribution is 2.70. The lowest BCUT2D eigenvalue weighted by molar-refractivity contribution is -0.185. The number of ketones is 5. The summed E-state index contributed by atoms with van der Waals surface area (Å²) in [6, 6.07) is 19.7. The van der Waals surface area contributed by atoms with E-state index >= 15 is 0 Å². The number of hydrogen-bond donors (Lipinski definition) is 9. The molecule has 5 aromatic carbocycles. The van der Waals surface area contributed by atoms with E-state index in [0.29, 0.717) is 117 Å². The summed E-state index contributed by atoms with van der Waals surface area (Å²) in [7, 11) is 10.0. The summed E-state index contributed by atoms with van der Waals surface area (Å²) < 4.78 is 35.8. The van der Waals surface area contributed by atoms with Gasteiger partial charge in [-0.1, -0.05) is 49.9 Å². The lowest BCUT2D eigenvalue weighted by Crippen LogP contribution is -2.76. The number of nitrogens with zero attached hydrogens (tertiary/aromatic N) is 4. The summed E-state index contributed by atoms with van der Waals surface area (Å²) in [6.45, 7) is 4.11. The molecule has 10 bridgehead atoms. The van der Waals surface area contributed by atoms with Crippen molar-refractivity contribution in [3.05, 3.63) is 127 Å². The van der Waals surface area contributed by atoms with Gasteiger partial charge in [-0.05, 0) is 209 Å². The van der Waals surface area contributed by atoms with Crippen molar-refractivity contribution >= 4 is 41.3 Å². The summed E-state index contributed by atoms with van der Waals surface area (Å²) in [5.41, 5.74) is 6.00. The lowest BCUT2D eigenvalue weighted by atomic mass is 9.49. The highest BCUT2D eigenvalue weighted by atomic mass is 35.5. The Bertz CT molecular complexity index is 4840. The van der Waals surface area contributed by atoms with Crippen LogP contribution in [0.5, 0.6) is 46.0 Å². The molecule has 5 saturated carbocycles. The number of hydrogen-bond acceptors (Lipinski definition) is 24. The number of carbonyl (C=O) groups excluding carboxylic acids is 5. The maximum atomic E-state index is 12.7. The number of aromatic hydroxyl groups is 2. The highest BCUT2D eigenvalue weighted by molar-refractivity contribution is 5.93. The molecule has 20 aliphatic rings. The van der Waals surface area contributed by atoms with Crippen LogP contribution < -0.4 is 33.7 Å². The number of rotatable bonds is 3. The number of aliphatic hydroxyl groups excluding tert-OH is 2. The minimum Gasteiger partial charge on any atom is -0.504 e. The van der Waals surface area contributed by atoms with Crippen LogP contribution in [0.15, 0.2) is 60.7 Å². The quantitative estimate of drug-likeness (QED) is 0.112. The van der Waals surface area contributed by atoms with Crippen LogP contribution in [0.4, 0.5) is 0 Å². The summed E-state index contributed by atoms with van der Waals surface area (Å²) >= 11 is 0. The molecule has 9 N–H and O–H groups in total. The number of likely N-dealkylation sites (N-methyl/N-ethyl adjacent to an activating group) is 4. The van der Waals surface area contributed by atoms with Crippen LogP contribution in [0, 0.1) is 5.92 Å². The number of methoxy groups -OCH3 is 1. The van der Waals surface area contributed by atoms with Crippen LogP contribution in [0.2, 0.25) is 0 Å². The molecule has 10 aliphatic heterocycles. The van der Waals surface area contributed by atoms with E-state index in [4.69, 9.17) is 28.4 Å². The van der Waals surface area contributed by atoms with Gasteiger partial charge in [0.25, 0.3) is 0 Å². The van der Waals surface area contributed by atoms with E-state index < -0.39 is 68.5 Å². The van der Waals surface area contributed by atoms with Gasteiger partial charge in [-0.3, -0.25) is 24.0 Å². The van der Waals surface area contributed by atoms with Crippen LogP contribution in [-0.4, -0.2) is 241 Å². The van der Waals surface area contributed by atoms with E-state index in [9.17, 15) is 64.8 Å². The monoisotopic (exact) mass is 1570 g/mol. The molecule has 20 atom stereocenters. The van der Waals surface area contributed by atoms with Gasteiger partial charge in [-0.25, -0.2) is 0 Å². The largest absolute Gasteiger partial charge is 0.504 e. The zero-order chi connectivity index (χ0) is 76.7. The summed E-state index contributed by atoms with van der Waals surface area (Å²) in [5, 5.41) is 89.8. The molecule has 10 aliphatic carbocycles. The van der Waals surface area contributed by atoms with E-state index in [-0.39, 0.29) is 109 Å². The molecule has 10 fully saturated rings. The summed E-state index contributed by atoms with van der Waals surface area (Å²) in [4.78, 5) is 72.0. The number of likely N-dealkylation sites (tertiary alicyclic amines) is 4. The number of phenolic OH excluding ortho intramolecular Hbond substituents is 2. The van der Waals surface area contributed by atoms with E-state index in [1.807, 2.05) is 49.5 Å². The van der Waals surface area contributed by atoms with Gasteiger partial charge in [-0.2, -0.15) is 0 Å². The molecule has 5 aromatic rings. The zero-order valence-electron chi connectivity index (χ0n) is 64.0. The molecule has 5 saturated heterocycles. The topological polar surface area (TPSA) is 328 Å². The molecule has 10 heterocycles. The second kappa shape index (κ2) is 25.4. The fourth-order valence-corrected chi connectivity index (χ4v) is 27.9. The van der Waals surface area contributed by atoms with Crippen molar-refractivity contribution in [2.24, 2.45) is 5.92 Å². The Morgan fingerprint density at radius 2 is 0.796 bits per heavy atom.